The monoisotopic (exact) mass is 351 g/mol. The molecule has 2 aromatic rings. The van der Waals surface area contributed by atoms with Crippen LogP contribution >= 0.6 is 27.7 Å². The van der Waals surface area contributed by atoms with Crippen molar-refractivity contribution >= 4 is 27.7 Å². The van der Waals surface area contributed by atoms with E-state index in [1.807, 2.05) is 37.4 Å². The summed E-state index contributed by atoms with van der Waals surface area (Å²) in [6.07, 6.45) is 2.06. The molecule has 106 valence electrons. The molecular formula is C16H18BrNOS. The number of rotatable bonds is 5. The van der Waals surface area contributed by atoms with Gasteiger partial charge in [0.1, 0.15) is 11.5 Å². The van der Waals surface area contributed by atoms with E-state index in [0.717, 1.165) is 26.4 Å². The Bertz CT molecular complexity index is 588. The van der Waals surface area contributed by atoms with E-state index in [0.29, 0.717) is 0 Å². The molecule has 0 amide bonds. The minimum Gasteiger partial charge on any atom is -0.456 e. The van der Waals surface area contributed by atoms with Gasteiger partial charge in [0.15, 0.2) is 0 Å². The highest BCUT2D eigenvalue weighted by Crippen LogP contribution is 2.35. The van der Waals surface area contributed by atoms with Gasteiger partial charge in [-0.25, -0.2) is 0 Å². The number of hydrogen-bond acceptors (Lipinski definition) is 3. The molecule has 0 fully saturated rings. The Balaban J connectivity index is 2.38. The van der Waals surface area contributed by atoms with Crippen molar-refractivity contribution < 1.29 is 4.74 Å². The van der Waals surface area contributed by atoms with Crippen molar-refractivity contribution in [2.24, 2.45) is 0 Å². The molecule has 2 nitrogen and oxygen atoms in total. The molecule has 0 aliphatic rings. The summed E-state index contributed by atoms with van der Waals surface area (Å²) in [5.41, 5.74) is 1.14. The lowest BCUT2D eigenvalue weighted by Crippen LogP contribution is -2.13. The zero-order valence-electron chi connectivity index (χ0n) is 11.8. The Morgan fingerprint density at radius 1 is 1.15 bits per heavy atom. The van der Waals surface area contributed by atoms with Crippen LogP contribution in [0, 0.1) is 0 Å². The van der Waals surface area contributed by atoms with E-state index in [2.05, 4.69) is 46.6 Å². The first-order valence-electron chi connectivity index (χ1n) is 6.43. The van der Waals surface area contributed by atoms with Gasteiger partial charge in [0, 0.05) is 21.0 Å². The SMILES string of the molecule is CNC(C)c1cc(Br)ccc1Oc1ccccc1SC. The first-order chi connectivity index (χ1) is 9.65. The van der Waals surface area contributed by atoms with Crippen molar-refractivity contribution in [2.75, 3.05) is 13.3 Å². The van der Waals surface area contributed by atoms with Gasteiger partial charge in [0.2, 0.25) is 0 Å². The van der Waals surface area contributed by atoms with Gasteiger partial charge in [0.25, 0.3) is 0 Å². The molecule has 1 atom stereocenters. The van der Waals surface area contributed by atoms with Crippen LogP contribution in [0.1, 0.15) is 18.5 Å². The zero-order valence-corrected chi connectivity index (χ0v) is 14.2. The average Bonchev–Trinajstić information content (AvgIpc) is 2.48. The van der Waals surface area contributed by atoms with Crippen molar-refractivity contribution in [1.82, 2.24) is 5.32 Å². The van der Waals surface area contributed by atoms with Gasteiger partial charge in [0.05, 0.1) is 0 Å². The first kappa shape index (κ1) is 15.4. The van der Waals surface area contributed by atoms with E-state index in [1.54, 1.807) is 11.8 Å². The van der Waals surface area contributed by atoms with Crippen molar-refractivity contribution in [3.8, 4) is 11.5 Å². The highest BCUT2D eigenvalue weighted by atomic mass is 79.9. The Morgan fingerprint density at radius 3 is 2.60 bits per heavy atom. The Morgan fingerprint density at radius 2 is 1.90 bits per heavy atom. The van der Waals surface area contributed by atoms with E-state index in [-0.39, 0.29) is 6.04 Å². The summed E-state index contributed by atoms with van der Waals surface area (Å²) >= 11 is 5.21. The van der Waals surface area contributed by atoms with E-state index in [1.165, 1.54) is 0 Å². The van der Waals surface area contributed by atoms with Crippen LogP contribution in [0.2, 0.25) is 0 Å². The second-order valence-corrected chi connectivity index (χ2v) is 6.21. The van der Waals surface area contributed by atoms with E-state index >= 15 is 0 Å². The molecule has 0 aromatic heterocycles. The fourth-order valence-electron chi connectivity index (χ4n) is 1.93. The maximum Gasteiger partial charge on any atom is 0.140 e. The lowest BCUT2D eigenvalue weighted by molar-refractivity contribution is 0.456. The third-order valence-corrected chi connectivity index (χ3v) is 4.43. The molecule has 0 radical (unpaired) electrons. The number of halogens is 1. The number of nitrogens with one attached hydrogen (secondary N) is 1. The number of thioether (sulfide) groups is 1. The van der Waals surface area contributed by atoms with Crippen molar-refractivity contribution in [3.05, 3.63) is 52.5 Å². The molecule has 4 heteroatoms. The number of benzene rings is 2. The van der Waals surface area contributed by atoms with Crippen LogP contribution in [0.15, 0.2) is 51.8 Å². The molecular weight excluding hydrogens is 334 g/mol. The Hall–Kier alpha value is -0.970. The topological polar surface area (TPSA) is 21.3 Å². The van der Waals surface area contributed by atoms with Gasteiger partial charge < -0.3 is 10.1 Å². The van der Waals surface area contributed by atoms with Crippen molar-refractivity contribution in [2.45, 2.75) is 17.9 Å². The lowest BCUT2D eigenvalue weighted by atomic mass is 10.1. The predicted molar refractivity (Wildman–Crippen MR) is 89.9 cm³/mol. The van der Waals surface area contributed by atoms with E-state index < -0.39 is 0 Å². The second-order valence-electron chi connectivity index (χ2n) is 4.45. The molecule has 1 unspecified atom stereocenters. The van der Waals surface area contributed by atoms with Crippen LogP contribution in [0.4, 0.5) is 0 Å². The second kappa shape index (κ2) is 7.16. The first-order valence-corrected chi connectivity index (χ1v) is 8.45. The highest BCUT2D eigenvalue weighted by Gasteiger charge is 2.13. The lowest BCUT2D eigenvalue weighted by Gasteiger charge is -2.18. The molecule has 2 rings (SSSR count). The van der Waals surface area contributed by atoms with Gasteiger partial charge >= 0.3 is 0 Å². The highest BCUT2D eigenvalue weighted by molar-refractivity contribution is 9.10. The summed E-state index contributed by atoms with van der Waals surface area (Å²) in [6, 6.07) is 14.4. The number of ether oxygens (including phenoxy) is 1. The molecule has 2 aromatic carbocycles. The molecule has 20 heavy (non-hydrogen) atoms. The Labute approximate surface area is 133 Å². The molecule has 0 spiro atoms. The summed E-state index contributed by atoms with van der Waals surface area (Å²) in [4.78, 5) is 1.14. The fourth-order valence-corrected chi connectivity index (χ4v) is 2.83. The number of para-hydroxylation sites is 1. The minimum atomic E-state index is 0.226. The summed E-state index contributed by atoms with van der Waals surface area (Å²) in [7, 11) is 1.95. The summed E-state index contributed by atoms with van der Waals surface area (Å²) < 4.78 is 7.18. The molecule has 0 aliphatic carbocycles. The van der Waals surface area contributed by atoms with Gasteiger partial charge in [-0.05, 0) is 50.6 Å². The molecule has 0 saturated carbocycles. The molecule has 1 N–H and O–H groups in total. The largest absolute Gasteiger partial charge is 0.456 e. The van der Waals surface area contributed by atoms with Gasteiger partial charge in [-0.2, -0.15) is 0 Å². The molecule has 0 saturated heterocycles. The molecule has 0 aliphatic heterocycles. The fraction of sp³-hybridized carbons (Fsp3) is 0.250. The maximum atomic E-state index is 6.13. The third kappa shape index (κ3) is 3.57. The van der Waals surface area contributed by atoms with Crippen LogP contribution in [0.3, 0.4) is 0 Å². The van der Waals surface area contributed by atoms with Crippen LogP contribution in [-0.2, 0) is 0 Å². The van der Waals surface area contributed by atoms with Crippen molar-refractivity contribution in [3.63, 3.8) is 0 Å². The molecule has 0 heterocycles. The van der Waals surface area contributed by atoms with Crippen LogP contribution in [-0.4, -0.2) is 13.3 Å². The minimum absolute atomic E-state index is 0.226. The maximum absolute atomic E-state index is 6.13. The van der Waals surface area contributed by atoms with Crippen LogP contribution in [0.25, 0.3) is 0 Å². The summed E-state index contributed by atoms with van der Waals surface area (Å²) in [6.45, 7) is 2.12. The van der Waals surface area contributed by atoms with Crippen LogP contribution in [0.5, 0.6) is 11.5 Å². The average molecular weight is 352 g/mol. The predicted octanol–water partition coefficient (Wildman–Crippen LogP) is 5.24. The smallest absolute Gasteiger partial charge is 0.140 e. The van der Waals surface area contributed by atoms with Crippen LogP contribution < -0.4 is 10.1 Å². The van der Waals surface area contributed by atoms with E-state index in [4.69, 9.17) is 4.74 Å². The summed E-state index contributed by atoms with van der Waals surface area (Å²) in [5, 5.41) is 3.26. The summed E-state index contributed by atoms with van der Waals surface area (Å²) in [5.74, 6) is 1.78. The zero-order chi connectivity index (χ0) is 14.5. The normalized spacial score (nSPS) is 12.2. The van der Waals surface area contributed by atoms with E-state index in [9.17, 15) is 0 Å². The van der Waals surface area contributed by atoms with Gasteiger partial charge in [-0.1, -0.05) is 28.1 Å². The number of hydrogen-bond donors (Lipinski definition) is 1. The van der Waals surface area contributed by atoms with Gasteiger partial charge in [-0.3, -0.25) is 0 Å². The quantitative estimate of drug-likeness (QED) is 0.743. The van der Waals surface area contributed by atoms with Gasteiger partial charge in [-0.15, -0.1) is 11.8 Å². The molecule has 0 bridgehead atoms. The standard InChI is InChI=1S/C16H18BrNOS/c1-11(18-2)13-10-12(17)8-9-14(13)19-15-6-4-5-7-16(15)20-3/h4-11,18H,1-3H3. The van der Waals surface area contributed by atoms with Crippen molar-refractivity contribution in [1.29, 1.82) is 0 Å². The Kier molecular flexibility index (Phi) is 5.52. The third-order valence-electron chi connectivity index (χ3n) is 3.16.